The number of benzene rings is 2. The summed E-state index contributed by atoms with van der Waals surface area (Å²) in [5.74, 6) is 0.741. The van der Waals surface area contributed by atoms with E-state index in [-0.39, 0.29) is 12.3 Å². The third-order valence-electron chi connectivity index (χ3n) is 4.03. The van der Waals surface area contributed by atoms with Gasteiger partial charge in [-0.25, -0.2) is 5.43 Å². The summed E-state index contributed by atoms with van der Waals surface area (Å²) >= 11 is 12.1. The first-order chi connectivity index (χ1) is 13.5. The number of rotatable bonds is 7. The number of aliphatic hydroxyl groups excluding tert-OH is 1. The number of aliphatic hydroxyl groups is 1. The molecule has 1 heterocycles. The van der Waals surface area contributed by atoms with Crippen molar-refractivity contribution in [3.8, 4) is 11.3 Å². The van der Waals surface area contributed by atoms with E-state index in [1.807, 2.05) is 30.3 Å². The van der Waals surface area contributed by atoms with Crippen molar-refractivity contribution in [1.82, 2.24) is 5.43 Å². The quantitative estimate of drug-likeness (QED) is 0.409. The number of hydrazone groups is 1. The van der Waals surface area contributed by atoms with E-state index < -0.39 is 6.10 Å². The van der Waals surface area contributed by atoms with Crippen LogP contribution in [0.2, 0.25) is 10.0 Å². The Kier molecular flexibility index (Phi) is 6.87. The molecule has 0 saturated heterocycles. The number of halogens is 2. The zero-order valence-electron chi connectivity index (χ0n) is 14.8. The number of carbonyl (C=O) groups is 1. The van der Waals surface area contributed by atoms with Crippen molar-refractivity contribution in [2.75, 3.05) is 0 Å². The fraction of sp³-hybridized carbons (Fsp3) is 0.143. The van der Waals surface area contributed by atoms with E-state index in [2.05, 4.69) is 10.5 Å². The number of nitrogens with zero attached hydrogens (tertiary/aromatic N) is 1. The van der Waals surface area contributed by atoms with Crippen LogP contribution >= 0.6 is 23.2 Å². The lowest BCUT2D eigenvalue weighted by Crippen LogP contribution is -2.18. The van der Waals surface area contributed by atoms with Gasteiger partial charge in [-0.1, -0.05) is 53.5 Å². The van der Waals surface area contributed by atoms with Gasteiger partial charge in [-0.15, -0.1) is 0 Å². The molecule has 1 aromatic heterocycles. The second-order valence-electron chi connectivity index (χ2n) is 6.08. The molecule has 0 unspecified atom stereocenters. The van der Waals surface area contributed by atoms with Crippen LogP contribution in [0.25, 0.3) is 11.3 Å². The smallest absolute Gasteiger partial charge is 0.240 e. The van der Waals surface area contributed by atoms with Gasteiger partial charge < -0.3 is 9.52 Å². The zero-order valence-corrected chi connectivity index (χ0v) is 16.3. The Labute approximate surface area is 172 Å². The van der Waals surface area contributed by atoms with E-state index in [0.717, 1.165) is 5.56 Å². The Hall–Kier alpha value is -2.60. The number of hydrogen-bond donors (Lipinski definition) is 2. The van der Waals surface area contributed by atoms with Gasteiger partial charge in [0.1, 0.15) is 11.5 Å². The Morgan fingerprint density at radius 1 is 1.14 bits per heavy atom. The van der Waals surface area contributed by atoms with Crippen molar-refractivity contribution in [1.29, 1.82) is 0 Å². The molecule has 3 rings (SSSR count). The van der Waals surface area contributed by atoms with Crippen molar-refractivity contribution in [2.24, 2.45) is 5.10 Å². The van der Waals surface area contributed by atoms with Crippen LogP contribution in [0.3, 0.4) is 0 Å². The third kappa shape index (κ3) is 5.45. The topological polar surface area (TPSA) is 74.8 Å². The lowest BCUT2D eigenvalue weighted by Gasteiger charge is -2.09. The highest BCUT2D eigenvalue weighted by Gasteiger charge is 2.10. The summed E-state index contributed by atoms with van der Waals surface area (Å²) in [6, 6.07) is 17.8. The second kappa shape index (κ2) is 9.55. The van der Waals surface area contributed by atoms with Gasteiger partial charge in [0.25, 0.3) is 0 Å². The maximum absolute atomic E-state index is 11.9. The highest BCUT2D eigenvalue weighted by molar-refractivity contribution is 6.36. The first-order valence-corrected chi connectivity index (χ1v) is 9.38. The molecular formula is C21H18Cl2N2O3. The number of amides is 1. The van der Waals surface area contributed by atoms with Gasteiger partial charge in [0.2, 0.25) is 5.91 Å². The van der Waals surface area contributed by atoms with Crippen LogP contribution in [0.15, 0.2) is 70.2 Å². The normalized spacial score (nSPS) is 12.2. The summed E-state index contributed by atoms with van der Waals surface area (Å²) in [5, 5.41) is 15.0. The van der Waals surface area contributed by atoms with Gasteiger partial charge >= 0.3 is 0 Å². The maximum atomic E-state index is 11.9. The van der Waals surface area contributed by atoms with Crippen molar-refractivity contribution in [3.05, 3.63) is 82.0 Å². The molecule has 144 valence electrons. The predicted molar refractivity (Wildman–Crippen MR) is 111 cm³/mol. The highest BCUT2D eigenvalue weighted by atomic mass is 35.5. The van der Waals surface area contributed by atoms with Crippen molar-refractivity contribution < 1.29 is 14.3 Å². The molecule has 0 spiro atoms. The van der Waals surface area contributed by atoms with Crippen LogP contribution in [0.5, 0.6) is 0 Å². The molecule has 0 aliphatic carbocycles. The van der Waals surface area contributed by atoms with Gasteiger partial charge in [0.05, 0.1) is 17.3 Å². The van der Waals surface area contributed by atoms with E-state index in [0.29, 0.717) is 33.6 Å². The second-order valence-corrected chi connectivity index (χ2v) is 6.93. The zero-order chi connectivity index (χ0) is 19.9. The molecule has 0 aliphatic heterocycles. The van der Waals surface area contributed by atoms with Gasteiger partial charge in [0, 0.05) is 17.0 Å². The van der Waals surface area contributed by atoms with E-state index in [1.54, 1.807) is 30.3 Å². The number of hydrogen-bond acceptors (Lipinski definition) is 4. The molecule has 7 heteroatoms. The molecule has 0 bridgehead atoms. The van der Waals surface area contributed by atoms with Crippen LogP contribution in [0.4, 0.5) is 0 Å². The molecule has 1 amide bonds. The fourth-order valence-corrected chi connectivity index (χ4v) is 3.09. The monoisotopic (exact) mass is 416 g/mol. The highest BCUT2D eigenvalue weighted by Crippen LogP contribution is 2.31. The molecule has 0 fully saturated rings. The Morgan fingerprint density at radius 2 is 1.93 bits per heavy atom. The van der Waals surface area contributed by atoms with E-state index in [1.165, 1.54) is 6.21 Å². The number of carbonyl (C=O) groups excluding carboxylic acids is 1. The molecule has 5 nitrogen and oxygen atoms in total. The lowest BCUT2D eigenvalue weighted by atomic mass is 10.1. The van der Waals surface area contributed by atoms with Crippen molar-refractivity contribution >= 4 is 35.3 Å². The molecule has 0 saturated carbocycles. The molecule has 3 aromatic rings. The first kappa shape index (κ1) is 20.1. The molecule has 0 aliphatic rings. The minimum atomic E-state index is -0.687. The summed E-state index contributed by atoms with van der Waals surface area (Å²) in [5.41, 5.74) is 3.91. The van der Waals surface area contributed by atoms with Crippen molar-refractivity contribution in [2.45, 2.75) is 18.9 Å². The number of nitrogens with one attached hydrogen (secondary N) is 1. The summed E-state index contributed by atoms with van der Waals surface area (Å²) in [6.45, 7) is 0. The van der Waals surface area contributed by atoms with Gasteiger partial charge in [-0.3, -0.25) is 4.79 Å². The third-order valence-corrected chi connectivity index (χ3v) is 4.58. The largest absolute Gasteiger partial charge is 0.455 e. The number of furan rings is 1. The average Bonchev–Trinajstić information content (AvgIpc) is 3.15. The van der Waals surface area contributed by atoms with Crippen LogP contribution in [-0.4, -0.2) is 17.2 Å². The average molecular weight is 417 g/mol. The van der Waals surface area contributed by atoms with E-state index >= 15 is 0 Å². The van der Waals surface area contributed by atoms with Crippen LogP contribution in [-0.2, 0) is 4.79 Å². The van der Waals surface area contributed by atoms with E-state index in [9.17, 15) is 9.90 Å². The predicted octanol–water partition coefficient (Wildman–Crippen LogP) is 5.22. The molecule has 1 atom stereocenters. The van der Waals surface area contributed by atoms with Crippen molar-refractivity contribution in [3.63, 3.8) is 0 Å². The summed E-state index contributed by atoms with van der Waals surface area (Å²) in [7, 11) is 0. The molecule has 2 aromatic carbocycles. The SMILES string of the molecule is O=C(CC[C@@H](O)c1ccccc1)N/N=C\c1ccc(-c2ccc(Cl)cc2Cl)o1. The van der Waals surface area contributed by atoms with E-state index in [4.69, 9.17) is 27.6 Å². The first-order valence-electron chi connectivity index (χ1n) is 8.63. The summed E-state index contributed by atoms with van der Waals surface area (Å²) in [6.07, 6.45) is 1.18. The van der Waals surface area contributed by atoms with Gasteiger partial charge in [0.15, 0.2) is 0 Å². The Bertz CT molecular complexity index is 971. The van der Waals surface area contributed by atoms with Crippen LogP contribution < -0.4 is 5.43 Å². The lowest BCUT2D eigenvalue weighted by molar-refractivity contribution is -0.121. The summed E-state index contributed by atoms with van der Waals surface area (Å²) < 4.78 is 5.66. The van der Waals surface area contributed by atoms with Crippen LogP contribution in [0.1, 0.15) is 30.3 Å². The Balaban J connectivity index is 1.51. The van der Waals surface area contributed by atoms with Gasteiger partial charge in [-0.05, 0) is 42.3 Å². The Morgan fingerprint density at radius 3 is 2.68 bits per heavy atom. The maximum Gasteiger partial charge on any atom is 0.240 e. The molecule has 0 radical (unpaired) electrons. The minimum Gasteiger partial charge on any atom is -0.455 e. The molecular weight excluding hydrogens is 399 g/mol. The minimum absolute atomic E-state index is 0.150. The van der Waals surface area contributed by atoms with Gasteiger partial charge in [-0.2, -0.15) is 5.10 Å². The van der Waals surface area contributed by atoms with Crippen LogP contribution in [0, 0.1) is 0 Å². The standard InChI is InChI=1S/C21H18Cl2N2O3/c22-15-6-8-17(18(23)12-15)20-10-7-16(28-20)13-24-25-21(27)11-9-19(26)14-4-2-1-3-5-14/h1-8,10,12-13,19,26H,9,11H2,(H,25,27)/b24-13-/t19-/m1/s1. The fourth-order valence-electron chi connectivity index (χ4n) is 2.59. The molecule has 28 heavy (non-hydrogen) atoms. The molecule has 2 N–H and O–H groups in total. The summed E-state index contributed by atoms with van der Waals surface area (Å²) in [4.78, 5) is 11.9.